The highest BCUT2D eigenvalue weighted by Crippen LogP contribution is 2.29. The van der Waals surface area contributed by atoms with Gasteiger partial charge in [-0.3, -0.25) is 4.79 Å². The Hall–Kier alpha value is -2.74. The van der Waals surface area contributed by atoms with Gasteiger partial charge < -0.3 is 4.74 Å². The second kappa shape index (κ2) is 7.69. The highest BCUT2D eigenvalue weighted by Gasteiger charge is 2.39. The molecule has 0 saturated carbocycles. The van der Waals surface area contributed by atoms with E-state index < -0.39 is 24.3 Å². The number of methoxy groups -OCH3 is 1. The summed E-state index contributed by atoms with van der Waals surface area (Å²) in [5, 5.41) is 0. The van der Waals surface area contributed by atoms with Gasteiger partial charge in [0, 0.05) is 17.5 Å². The topological polar surface area (TPSA) is 26.3 Å². The molecule has 5 heteroatoms. The van der Waals surface area contributed by atoms with Gasteiger partial charge in [0.2, 0.25) is 0 Å². The highest BCUT2D eigenvalue weighted by atomic mass is 19.4. The molecule has 0 radical (unpaired) electrons. The number of carbonyl (C=O) groups excluding carboxylic acids is 1. The van der Waals surface area contributed by atoms with E-state index in [0.29, 0.717) is 11.3 Å². The summed E-state index contributed by atoms with van der Waals surface area (Å²) in [5.74, 6) is 2.58. The van der Waals surface area contributed by atoms with E-state index in [-0.39, 0.29) is 5.56 Å². The lowest BCUT2D eigenvalue weighted by Crippen LogP contribution is -2.24. The predicted octanol–water partition coefficient (Wildman–Crippen LogP) is 4.50. The molecule has 0 aliphatic carbocycles. The number of ketones is 1. The Bertz CT molecular complexity index is 738. The molecular formula is C19H15F3O2. The lowest BCUT2D eigenvalue weighted by molar-refractivity contribution is -0.157. The Morgan fingerprint density at radius 3 is 2.25 bits per heavy atom. The van der Waals surface area contributed by atoms with Crippen LogP contribution in [0.15, 0.2) is 54.6 Å². The second-order valence-corrected chi connectivity index (χ2v) is 5.09. The maximum atomic E-state index is 13.1. The third kappa shape index (κ3) is 4.88. The van der Waals surface area contributed by atoms with Gasteiger partial charge in [0.05, 0.1) is 7.11 Å². The smallest absolute Gasteiger partial charge is 0.402 e. The van der Waals surface area contributed by atoms with Crippen LogP contribution in [0.2, 0.25) is 0 Å². The Kier molecular flexibility index (Phi) is 5.64. The number of rotatable bonds is 4. The normalized spacial score (nSPS) is 12.0. The Morgan fingerprint density at radius 2 is 1.71 bits per heavy atom. The van der Waals surface area contributed by atoms with Gasteiger partial charge in [-0.05, 0) is 36.4 Å². The molecule has 0 amide bonds. The van der Waals surface area contributed by atoms with Crippen LogP contribution in [0.4, 0.5) is 13.2 Å². The van der Waals surface area contributed by atoms with Crippen LogP contribution in [-0.4, -0.2) is 19.1 Å². The molecule has 0 spiro atoms. The minimum Gasteiger partial charge on any atom is -0.497 e. The van der Waals surface area contributed by atoms with E-state index in [1.54, 1.807) is 30.3 Å². The van der Waals surface area contributed by atoms with Crippen molar-refractivity contribution < 1.29 is 22.7 Å². The molecule has 2 nitrogen and oxygen atoms in total. The average Bonchev–Trinajstić information content (AvgIpc) is 2.58. The quantitative estimate of drug-likeness (QED) is 0.609. The number of ether oxygens (including phenoxy) is 1. The van der Waals surface area contributed by atoms with Crippen molar-refractivity contribution in [1.82, 2.24) is 0 Å². The van der Waals surface area contributed by atoms with E-state index >= 15 is 0 Å². The van der Waals surface area contributed by atoms with Crippen LogP contribution >= 0.6 is 0 Å². The molecule has 0 unspecified atom stereocenters. The Morgan fingerprint density at radius 1 is 1.08 bits per heavy atom. The van der Waals surface area contributed by atoms with Crippen molar-refractivity contribution in [3.8, 4) is 17.6 Å². The van der Waals surface area contributed by atoms with Crippen molar-refractivity contribution in [2.75, 3.05) is 7.11 Å². The largest absolute Gasteiger partial charge is 0.497 e. The second-order valence-electron chi connectivity index (χ2n) is 5.09. The molecule has 0 aliphatic heterocycles. The number of Topliss-reactive ketones (excluding diaryl/α,β-unsaturated/α-hetero) is 1. The number of alkyl halides is 3. The van der Waals surface area contributed by atoms with Crippen LogP contribution in [0.3, 0.4) is 0 Å². The maximum absolute atomic E-state index is 13.1. The van der Waals surface area contributed by atoms with Crippen molar-refractivity contribution in [1.29, 1.82) is 0 Å². The summed E-state index contributed by atoms with van der Waals surface area (Å²) >= 11 is 0. The predicted molar refractivity (Wildman–Crippen MR) is 84.8 cm³/mol. The fourth-order valence-corrected chi connectivity index (χ4v) is 2.02. The molecule has 2 rings (SSSR count). The fourth-order valence-electron chi connectivity index (χ4n) is 2.02. The van der Waals surface area contributed by atoms with Crippen LogP contribution in [-0.2, 0) is 0 Å². The molecular weight excluding hydrogens is 317 g/mol. The van der Waals surface area contributed by atoms with Crippen molar-refractivity contribution in [3.05, 3.63) is 65.7 Å². The van der Waals surface area contributed by atoms with Gasteiger partial charge in [0.25, 0.3) is 0 Å². The third-order valence-corrected chi connectivity index (χ3v) is 3.36. The molecule has 0 saturated heterocycles. The van der Waals surface area contributed by atoms with Crippen LogP contribution in [0, 0.1) is 17.8 Å². The highest BCUT2D eigenvalue weighted by molar-refractivity contribution is 5.96. The number of benzene rings is 2. The Labute approximate surface area is 138 Å². The number of halogens is 3. The Balaban J connectivity index is 2.17. The minimum atomic E-state index is -4.57. The van der Waals surface area contributed by atoms with E-state index in [0.717, 1.165) is 0 Å². The van der Waals surface area contributed by atoms with Gasteiger partial charge in [-0.2, -0.15) is 13.2 Å². The summed E-state index contributed by atoms with van der Waals surface area (Å²) in [4.78, 5) is 12.1. The summed E-state index contributed by atoms with van der Waals surface area (Å²) in [6.45, 7) is 0. The molecule has 2 aromatic rings. The summed E-state index contributed by atoms with van der Waals surface area (Å²) < 4.78 is 44.4. The van der Waals surface area contributed by atoms with Crippen LogP contribution in [0.5, 0.6) is 5.75 Å². The van der Waals surface area contributed by atoms with Gasteiger partial charge >= 0.3 is 6.18 Å². The van der Waals surface area contributed by atoms with Crippen LogP contribution < -0.4 is 4.74 Å². The SMILES string of the molecule is COc1ccc(C(=O)C[C@@H](C#Cc2ccccc2)C(F)(F)F)cc1. The molecule has 0 aliphatic rings. The molecule has 1 atom stereocenters. The summed E-state index contributed by atoms with van der Waals surface area (Å²) in [7, 11) is 1.47. The van der Waals surface area contributed by atoms with E-state index in [4.69, 9.17) is 4.74 Å². The average molecular weight is 332 g/mol. The first-order chi connectivity index (χ1) is 11.4. The standard InChI is InChI=1S/C19H15F3O2/c1-24-17-11-8-15(9-12-17)18(23)13-16(19(20,21)22)10-7-14-5-3-2-4-6-14/h2-6,8-9,11-12,16H,13H2,1H3/t16-/m1/s1. The van der Waals surface area contributed by atoms with E-state index in [2.05, 4.69) is 11.8 Å². The number of carbonyl (C=O) groups is 1. The molecule has 0 fully saturated rings. The van der Waals surface area contributed by atoms with E-state index in [9.17, 15) is 18.0 Å². The monoisotopic (exact) mass is 332 g/mol. The zero-order valence-corrected chi connectivity index (χ0v) is 12.9. The first-order valence-corrected chi connectivity index (χ1v) is 7.20. The zero-order chi connectivity index (χ0) is 17.6. The fraction of sp³-hybridized carbons (Fsp3) is 0.211. The van der Waals surface area contributed by atoms with Crippen LogP contribution in [0.1, 0.15) is 22.3 Å². The zero-order valence-electron chi connectivity index (χ0n) is 12.9. The van der Waals surface area contributed by atoms with E-state index in [1.807, 2.05) is 0 Å². The minimum absolute atomic E-state index is 0.201. The summed E-state index contributed by atoms with van der Waals surface area (Å²) in [6.07, 6.45) is -5.28. The molecule has 0 N–H and O–H groups in total. The molecule has 124 valence electrons. The lowest BCUT2D eigenvalue weighted by atomic mass is 9.97. The molecule has 0 heterocycles. The van der Waals surface area contributed by atoms with Gasteiger partial charge in [0.15, 0.2) is 5.78 Å². The first-order valence-electron chi connectivity index (χ1n) is 7.20. The van der Waals surface area contributed by atoms with E-state index in [1.165, 1.54) is 31.4 Å². The molecule has 2 aromatic carbocycles. The van der Waals surface area contributed by atoms with Crippen molar-refractivity contribution in [3.63, 3.8) is 0 Å². The van der Waals surface area contributed by atoms with Crippen molar-refractivity contribution >= 4 is 5.78 Å². The summed E-state index contributed by atoms with van der Waals surface area (Å²) in [6, 6.07) is 14.3. The van der Waals surface area contributed by atoms with Gasteiger partial charge in [0.1, 0.15) is 11.7 Å². The van der Waals surface area contributed by atoms with Gasteiger partial charge in [-0.25, -0.2) is 0 Å². The lowest BCUT2D eigenvalue weighted by Gasteiger charge is -2.14. The molecule has 0 bridgehead atoms. The van der Waals surface area contributed by atoms with Crippen LogP contribution in [0.25, 0.3) is 0 Å². The first kappa shape index (κ1) is 17.6. The van der Waals surface area contributed by atoms with Crippen molar-refractivity contribution in [2.24, 2.45) is 5.92 Å². The number of hydrogen-bond donors (Lipinski definition) is 0. The van der Waals surface area contributed by atoms with Gasteiger partial charge in [-0.1, -0.05) is 30.0 Å². The summed E-state index contributed by atoms with van der Waals surface area (Å²) in [5.41, 5.74) is 0.676. The molecule has 24 heavy (non-hydrogen) atoms. The third-order valence-electron chi connectivity index (χ3n) is 3.36. The molecule has 0 aromatic heterocycles. The number of hydrogen-bond acceptors (Lipinski definition) is 2. The van der Waals surface area contributed by atoms with Gasteiger partial charge in [-0.15, -0.1) is 0 Å². The van der Waals surface area contributed by atoms with Crippen molar-refractivity contribution in [2.45, 2.75) is 12.6 Å². The maximum Gasteiger partial charge on any atom is 0.402 e.